The number of anilines is 1. The summed E-state index contributed by atoms with van der Waals surface area (Å²) in [7, 11) is 0. The van der Waals surface area contributed by atoms with Gasteiger partial charge >= 0.3 is 0 Å². The first kappa shape index (κ1) is 13.8. The molecule has 19 heavy (non-hydrogen) atoms. The molecule has 0 bridgehead atoms. The van der Waals surface area contributed by atoms with Crippen LogP contribution in [0.1, 0.15) is 37.6 Å². The Morgan fingerprint density at radius 2 is 2.05 bits per heavy atom. The first-order valence-corrected chi connectivity index (χ1v) is 6.63. The normalized spacial score (nSPS) is 19.8. The zero-order valence-corrected chi connectivity index (χ0v) is 11.7. The Kier molecular flexibility index (Phi) is 3.52. The van der Waals surface area contributed by atoms with E-state index in [0.29, 0.717) is 11.5 Å². The third-order valence-corrected chi connectivity index (χ3v) is 3.87. The van der Waals surface area contributed by atoms with Gasteiger partial charge in [0.25, 0.3) is 5.91 Å². The number of halogens is 1. The quantitative estimate of drug-likeness (QED) is 0.793. The second kappa shape index (κ2) is 4.83. The van der Waals surface area contributed by atoms with E-state index in [2.05, 4.69) is 20.8 Å². The molecule has 3 nitrogen and oxygen atoms in total. The van der Waals surface area contributed by atoms with E-state index < -0.39 is 5.82 Å². The van der Waals surface area contributed by atoms with Gasteiger partial charge in [0.2, 0.25) is 0 Å². The highest BCUT2D eigenvalue weighted by molar-refractivity contribution is 5.95. The highest BCUT2D eigenvalue weighted by atomic mass is 19.1. The van der Waals surface area contributed by atoms with Crippen LogP contribution in [0, 0.1) is 17.2 Å². The van der Waals surface area contributed by atoms with Gasteiger partial charge in [-0.25, -0.2) is 4.39 Å². The van der Waals surface area contributed by atoms with E-state index in [1.165, 1.54) is 18.2 Å². The average Bonchev–Trinajstić information content (AvgIpc) is 2.75. The molecule has 0 saturated carbocycles. The summed E-state index contributed by atoms with van der Waals surface area (Å²) in [5.41, 5.74) is 6.40. The molecule has 0 aromatic heterocycles. The van der Waals surface area contributed by atoms with Crippen LogP contribution in [0.4, 0.5) is 10.1 Å². The molecule has 1 amide bonds. The summed E-state index contributed by atoms with van der Waals surface area (Å²) in [6.07, 6.45) is 1.00. The van der Waals surface area contributed by atoms with Gasteiger partial charge in [0.05, 0.1) is 0 Å². The Labute approximate surface area is 113 Å². The van der Waals surface area contributed by atoms with Crippen molar-refractivity contribution in [3.63, 3.8) is 0 Å². The van der Waals surface area contributed by atoms with Crippen molar-refractivity contribution in [1.29, 1.82) is 0 Å². The van der Waals surface area contributed by atoms with Crippen LogP contribution in [0.15, 0.2) is 18.2 Å². The monoisotopic (exact) mass is 264 g/mol. The number of carbonyl (C=O) groups excluding carboxylic acids is 1. The molecule has 1 saturated heterocycles. The molecule has 2 rings (SSSR count). The van der Waals surface area contributed by atoms with Crippen LogP contribution in [0.25, 0.3) is 0 Å². The zero-order chi connectivity index (χ0) is 14.2. The van der Waals surface area contributed by atoms with E-state index in [-0.39, 0.29) is 17.0 Å². The van der Waals surface area contributed by atoms with Crippen molar-refractivity contribution in [2.75, 3.05) is 18.8 Å². The predicted octanol–water partition coefficient (Wildman–Crippen LogP) is 2.92. The fraction of sp³-hybridized carbons (Fsp3) is 0.533. The van der Waals surface area contributed by atoms with Gasteiger partial charge in [0, 0.05) is 24.3 Å². The number of rotatable bonds is 1. The van der Waals surface area contributed by atoms with Crippen LogP contribution in [0.2, 0.25) is 0 Å². The fourth-order valence-electron chi connectivity index (χ4n) is 2.57. The maximum atomic E-state index is 13.3. The summed E-state index contributed by atoms with van der Waals surface area (Å²) in [6, 6.07) is 4.01. The molecule has 0 aliphatic carbocycles. The first-order chi connectivity index (χ1) is 8.77. The molecule has 1 aromatic rings. The SMILES string of the molecule is CC(C)(C)C1CCN(C(=O)c2cc(N)cc(F)c2)C1. The third kappa shape index (κ3) is 3.06. The molecule has 1 unspecified atom stereocenters. The lowest BCUT2D eigenvalue weighted by Gasteiger charge is -2.27. The van der Waals surface area contributed by atoms with Gasteiger partial charge in [0.15, 0.2) is 0 Å². The summed E-state index contributed by atoms with van der Waals surface area (Å²) in [5.74, 6) is -0.102. The number of nitrogens with zero attached hydrogens (tertiary/aromatic N) is 1. The standard InChI is InChI=1S/C15H21FN2O/c1-15(2,3)11-4-5-18(9-11)14(19)10-6-12(16)8-13(17)7-10/h6-8,11H,4-5,9,17H2,1-3H3. The van der Waals surface area contributed by atoms with Crippen molar-refractivity contribution in [2.45, 2.75) is 27.2 Å². The van der Waals surface area contributed by atoms with Gasteiger partial charge in [-0.15, -0.1) is 0 Å². The fourth-order valence-corrected chi connectivity index (χ4v) is 2.57. The number of hydrogen-bond donors (Lipinski definition) is 1. The minimum Gasteiger partial charge on any atom is -0.399 e. The molecular formula is C15H21FN2O. The minimum atomic E-state index is -0.463. The third-order valence-electron chi connectivity index (χ3n) is 3.87. The summed E-state index contributed by atoms with van der Waals surface area (Å²) >= 11 is 0. The highest BCUT2D eigenvalue weighted by Gasteiger charge is 2.34. The molecule has 104 valence electrons. The molecular weight excluding hydrogens is 243 g/mol. The maximum absolute atomic E-state index is 13.3. The van der Waals surface area contributed by atoms with Crippen molar-refractivity contribution in [2.24, 2.45) is 11.3 Å². The summed E-state index contributed by atoms with van der Waals surface area (Å²) in [6.45, 7) is 8.03. The molecule has 1 heterocycles. The predicted molar refractivity (Wildman–Crippen MR) is 74.3 cm³/mol. The van der Waals surface area contributed by atoms with Crippen molar-refractivity contribution in [3.8, 4) is 0 Å². The van der Waals surface area contributed by atoms with Crippen LogP contribution < -0.4 is 5.73 Å². The van der Waals surface area contributed by atoms with E-state index in [4.69, 9.17) is 5.73 Å². The molecule has 0 spiro atoms. The van der Waals surface area contributed by atoms with Gasteiger partial charge in [-0.3, -0.25) is 4.79 Å². The van der Waals surface area contributed by atoms with E-state index in [1.54, 1.807) is 4.90 Å². The summed E-state index contributed by atoms with van der Waals surface area (Å²) < 4.78 is 13.3. The Bertz CT molecular complexity index is 473. The van der Waals surface area contributed by atoms with Crippen LogP contribution in [-0.2, 0) is 0 Å². The van der Waals surface area contributed by atoms with Gasteiger partial charge in [-0.2, -0.15) is 0 Å². The van der Waals surface area contributed by atoms with Crippen molar-refractivity contribution < 1.29 is 9.18 Å². The number of amides is 1. The number of carbonyl (C=O) groups is 1. The molecule has 1 atom stereocenters. The van der Waals surface area contributed by atoms with Crippen LogP contribution >= 0.6 is 0 Å². The molecule has 1 aliphatic heterocycles. The van der Waals surface area contributed by atoms with Gasteiger partial charge in [0.1, 0.15) is 5.82 Å². The first-order valence-electron chi connectivity index (χ1n) is 6.63. The zero-order valence-electron chi connectivity index (χ0n) is 11.7. The average molecular weight is 264 g/mol. The number of nitrogens with two attached hydrogens (primary N) is 1. The Morgan fingerprint density at radius 1 is 1.37 bits per heavy atom. The smallest absolute Gasteiger partial charge is 0.254 e. The maximum Gasteiger partial charge on any atom is 0.254 e. The molecule has 1 aliphatic rings. The Morgan fingerprint density at radius 3 is 2.58 bits per heavy atom. The Hall–Kier alpha value is -1.58. The van der Waals surface area contributed by atoms with E-state index >= 15 is 0 Å². The Balaban J connectivity index is 2.13. The van der Waals surface area contributed by atoms with Crippen LogP contribution in [-0.4, -0.2) is 23.9 Å². The van der Waals surface area contributed by atoms with Gasteiger partial charge in [-0.05, 0) is 36.0 Å². The second-order valence-corrected chi connectivity index (χ2v) is 6.38. The van der Waals surface area contributed by atoms with Crippen LogP contribution in [0.5, 0.6) is 0 Å². The van der Waals surface area contributed by atoms with Crippen molar-refractivity contribution in [3.05, 3.63) is 29.6 Å². The van der Waals surface area contributed by atoms with E-state index in [1.807, 2.05) is 0 Å². The molecule has 1 aromatic carbocycles. The highest BCUT2D eigenvalue weighted by Crippen LogP contribution is 2.34. The van der Waals surface area contributed by atoms with Crippen molar-refractivity contribution in [1.82, 2.24) is 4.90 Å². The van der Waals surface area contributed by atoms with E-state index in [9.17, 15) is 9.18 Å². The van der Waals surface area contributed by atoms with E-state index in [0.717, 1.165) is 19.5 Å². The van der Waals surface area contributed by atoms with Gasteiger partial charge in [-0.1, -0.05) is 20.8 Å². The lowest BCUT2D eigenvalue weighted by atomic mass is 9.80. The minimum absolute atomic E-state index is 0.127. The summed E-state index contributed by atoms with van der Waals surface area (Å²) in [4.78, 5) is 14.1. The van der Waals surface area contributed by atoms with Gasteiger partial charge < -0.3 is 10.6 Å². The van der Waals surface area contributed by atoms with Crippen LogP contribution in [0.3, 0.4) is 0 Å². The molecule has 0 radical (unpaired) electrons. The molecule has 1 fully saturated rings. The number of benzene rings is 1. The lowest BCUT2D eigenvalue weighted by molar-refractivity contribution is 0.0776. The van der Waals surface area contributed by atoms with Crippen molar-refractivity contribution >= 4 is 11.6 Å². The second-order valence-electron chi connectivity index (χ2n) is 6.38. The topological polar surface area (TPSA) is 46.3 Å². The number of likely N-dealkylation sites (tertiary alicyclic amines) is 1. The molecule has 4 heteroatoms. The largest absolute Gasteiger partial charge is 0.399 e. The number of nitrogen functional groups attached to an aromatic ring is 1. The lowest BCUT2D eigenvalue weighted by Crippen LogP contribution is -2.31. The number of hydrogen-bond acceptors (Lipinski definition) is 2. The molecule has 2 N–H and O–H groups in total. The summed E-state index contributed by atoms with van der Waals surface area (Å²) in [5, 5.41) is 0.